The van der Waals surface area contributed by atoms with Gasteiger partial charge in [-0.15, -0.1) is 0 Å². The summed E-state index contributed by atoms with van der Waals surface area (Å²) >= 11 is 0. The van der Waals surface area contributed by atoms with Crippen LogP contribution < -0.4 is 5.32 Å². The summed E-state index contributed by atoms with van der Waals surface area (Å²) in [7, 11) is 0. The van der Waals surface area contributed by atoms with E-state index in [0.717, 1.165) is 26.1 Å². The van der Waals surface area contributed by atoms with Gasteiger partial charge >= 0.3 is 0 Å². The monoisotopic (exact) mass is 296 g/mol. The lowest BCUT2D eigenvalue weighted by Gasteiger charge is -2.34. The van der Waals surface area contributed by atoms with Crippen LogP contribution in [0.4, 0.5) is 8.78 Å². The summed E-state index contributed by atoms with van der Waals surface area (Å²) in [6, 6.07) is 4.09. The van der Waals surface area contributed by atoms with Gasteiger partial charge in [-0.1, -0.05) is 13.3 Å². The number of hydrogen-bond acceptors (Lipinski definition) is 2. The first-order valence-electron chi connectivity index (χ1n) is 8.04. The van der Waals surface area contributed by atoms with Crippen LogP contribution in [0.25, 0.3) is 0 Å². The van der Waals surface area contributed by atoms with Gasteiger partial charge in [0.2, 0.25) is 0 Å². The molecule has 1 aromatic rings. The second-order valence-electron chi connectivity index (χ2n) is 5.98. The van der Waals surface area contributed by atoms with Crippen LogP contribution in [-0.4, -0.2) is 30.6 Å². The van der Waals surface area contributed by atoms with Gasteiger partial charge in [-0.3, -0.25) is 4.90 Å². The first-order valence-corrected chi connectivity index (χ1v) is 8.04. The summed E-state index contributed by atoms with van der Waals surface area (Å²) in [5, 5.41) is 3.53. The Morgan fingerprint density at radius 1 is 1.33 bits per heavy atom. The normalized spacial score (nSPS) is 20.7. The summed E-state index contributed by atoms with van der Waals surface area (Å²) < 4.78 is 27.4. The fourth-order valence-corrected chi connectivity index (χ4v) is 3.12. The second-order valence-corrected chi connectivity index (χ2v) is 5.98. The average molecular weight is 296 g/mol. The molecule has 1 heterocycles. The number of hydrogen-bond donors (Lipinski definition) is 1. The lowest BCUT2D eigenvalue weighted by molar-refractivity contribution is 0.173. The average Bonchev–Trinajstić information content (AvgIpc) is 2.49. The molecule has 0 radical (unpaired) electrons. The zero-order chi connectivity index (χ0) is 15.2. The van der Waals surface area contributed by atoms with Crippen molar-refractivity contribution in [2.75, 3.05) is 19.6 Å². The molecule has 0 aliphatic carbocycles. The molecule has 2 unspecified atom stereocenters. The van der Waals surface area contributed by atoms with E-state index in [0.29, 0.717) is 11.6 Å². The molecule has 0 spiro atoms. The first-order chi connectivity index (χ1) is 10.1. The fourth-order valence-electron chi connectivity index (χ4n) is 3.12. The molecule has 1 N–H and O–H groups in total. The standard InChI is InChI=1S/C17H26F2N2/c1-3-10-21(12-15-6-4-5-9-20-15)13(2)16-11-14(18)7-8-17(16)19/h7-8,11,13,15,20H,3-6,9-10,12H2,1-2H3. The smallest absolute Gasteiger partial charge is 0.128 e. The van der Waals surface area contributed by atoms with Crippen molar-refractivity contribution in [3.8, 4) is 0 Å². The molecule has 1 aliphatic heterocycles. The molecule has 1 fully saturated rings. The number of benzene rings is 1. The minimum Gasteiger partial charge on any atom is -0.313 e. The summed E-state index contributed by atoms with van der Waals surface area (Å²) in [4.78, 5) is 2.26. The SMILES string of the molecule is CCCN(CC1CCCCN1)C(C)c1cc(F)ccc1F. The van der Waals surface area contributed by atoms with Gasteiger partial charge in [0.05, 0.1) is 0 Å². The molecule has 21 heavy (non-hydrogen) atoms. The molecule has 0 amide bonds. The zero-order valence-electron chi connectivity index (χ0n) is 13.0. The zero-order valence-corrected chi connectivity index (χ0v) is 13.0. The van der Waals surface area contributed by atoms with Crippen LogP contribution in [0.1, 0.15) is 51.1 Å². The van der Waals surface area contributed by atoms with Gasteiger partial charge in [0, 0.05) is 24.2 Å². The highest BCUT2D eigenvalue weighted by molar-refractivity contribution is 5.22. The molecule has 1 aliphatic rings. The van der Waals surface area contributed by atoms with Crippen molar-refractivity contribution in [2.45, 2.75) is 51.6 Å². The van der Waals surface area contributed by atoms with E-state index < -0.39 is 0 Å². The van der Waals surface area contributed by atoms with Crippen LogP contribution in [0, 0.1) is 11.6 Å². The molecular formula is C17H26F2N2. The number of rotatable bonds is 6. The third-order valence-corrected chi connectivity index (χ3v) is 4.33. The van der Waals surface area contributed by atoms with Crippen molar-refractivity contribution in [3.05, 3.63) is 35.4 Å². The first kappa shape index (κ1) is 16.4. The Labute approximate surface area is 126 Å². The lowest BCUT2D eigenvalue weighted by atomic mass is 10.0. The van der Waals surface area contributed by atoms with Crippen LogP contribution in [-0.2, 0) is 0 Å². The molecule has 2 rings (SSSR count). The van der Waals surface area contributed by atoms with E-state index in [4.69, 9.17) is 0 Å². The van der Waals surface area contributed by atoms with Crippen LogP contribution in [0.2, 0.25) is 0 Å². The Hall–Kier alpha value is -1.00. The van der Waals surface area contributed by atoms with Gasteiger partial charge in [-0.25, -0.2) is 8.78 Å². The number of halogens is 2. The lowest BCUT2D eigenvalue weighted by Crippen LogP contribution is -2.44. The highest BCUT2D eigenvalue weighted by Gasteiger charge is 2.23. The van der Waals surface area contributed by atoms with Crippen molar-refractivity contribution in [1.29, 1.82) is 0 Å². The molecule has 0 aromatic heterocycles. The van der Waals surface area contributed by atoms with Crippen molar-refractivity contribution in [1.82, 2.24) is 10.2 Å². The van der Waals surface area contributed by atoms with Gasteiger partial charge in [-0.2, -0.15) is 0 Å². The van der Waals surface area contributed by atoms with E-state index in [2.05, 4.69) is 17.1 Å². The number of nitrogens with zero attached hydrogens (tertiary/aromatic N) is 1. The van der Waals surface area contributed by atoms with Gasteiger partial charge in [-0.05, 0) is 57.5 Å². The van der Waals surface area contributed by atoms with Crippen LogP contribution in [0.15, 0.2) is 18.2 Å². The maximum absolute atomic E-state index is 14.0. The largest absolute Gasteiger partial charge is 0.313 e. The number of nitrogens with one attached hydrogen (secondary N) is 1. The summed E-state index contributed by atoms with van der Waals surface area (Å²) in [6.45, 7) is 6.94. The number of piperidine rings is 1. The van der Waals surface area contributed by atoms with Crippen molar-refractivity contribution >= 4 is 0 Å². The van der Waals surface area contributed by atoms with E-state index in [-0.39, 0.29) is 17.7 Å². The van der Waals surface area contributed by atoms with Crippen molar-refractivity contribution in [2.24, 2.45) is 0 Å². The summed E-state index contributed by atoms with van der Waals surface area (Å²) in [6.07, 6.45) is 4.66. The second kappa shape index (κ2) is 7.85. The van der Waals surface area contributed by atoms with Crippen molar-refractivity contribution in [3.63, 3.8) is 0 Å². The molecule has 1 aromatic carbocycles. The Morgan fingerprint density at radius 2 is 2.14 bits per heavy atom. The summed E-state index contributed by atoms with van der Waals surface area (Å²) in [5.41, 5.74) is 0.458. The Bertz CT molecular complexity index is 444. The molecule has 1 saturated heterocycles. The minimum atomic E-state index is -0.370. The topological polar surface area (TPSA) is 15.3 Å². The quantitative estimate of drug-likeness (QED) is 0.857. The van der Waals surface area contributed by atoms with Crippen LogP contribution in [0.3, 0.4) is 0 Å². The fraction of sp³-hybridized carbons (Fsp3) is 0.647. The molecule has 118 valence electrons. The highest BCUT2D eigenvalue weighted by Crippen LogP contribution is 2.25. The maximum Gasteiger partial charge on any atom is 0.128 e. The predicted molar refractivity (Wildman–Crippen MR) is 82.3 cm³/mol. The van der Waals surface area contributed by atoms with Gasteiger partial charge in [0.1, 0.15) is 11.6 Å². The van der Waals surface area contributed by atoms with Crippen LogP contribution in [0.5, 0.6) is 0 Å². The summed E-state index contributed by atoms with van der Waals surface area (Å²) in [5.74, 6) is -0.688. The Balaban J connectivity index is 2.10. The van der Waals surface area contributed by atoms with E-state index in [9.17, 15) is 8.78 Å². The molecule has 0 saturated carbocycles. The van der Waals surface area contributed by atoms with E-state index in [1.807, 2.05) is 6.92 Å². The molecule has 4 heteroatoms. The third-order valence-electron chi connectivity index (χ3n) is 4.33. The van der Waals surface area contributed by atoms with E-state index >= 15 is 0 Å². The molecule has 0 bridgehead atoms. The predicted octanol–water partition coefficient (Wildman–Crippen LogP) is 3.88. The van der Waals surface area contributed by atoms with Crippen molar-refractivity contribution < 1.29 is 8.78 Å². The van der Waals surface area contributed by atoms with Gasteiger partial charge in [0.15, 0.2) is 0 Å². The van der Waals surface area contributed by atoms with Crippen LogP contribution >= 0.6 is 0 Å². The molecular weight excluding hydrogens is 270 g/mol. The Morgan fingerprint density at radius 3 is 2.81 bits per heavy atom. The Kier molecular flexibility index (Phi) is 6.12. The maximum atomic E-state index is 14.0. The minimum absolute atomic E-state index is 0.107. The van der Waals surface area contributed by atoms with E-state index in [1.165, 1.54) is 37.5 Å². The van der Waals surface area contributed by atoms with Gasteiger partial charge < -0.3 is 5.32 Å². The highest BCUT2D eigenvalue weighted by atomic mass is 19.1. The van der Waals surface area contributed by atoms with E-state index in [1.54, 1.807) is 0 Å². The molecule has 2 atom stereocenters. The molecule has 2 nitrogen and oxygen atoms in total. The third kappa shape index (κ3) is 4.48. The van der Waals surface area contributed by atoms with Gasteiger partial charge in [0.25, 0.3) is 0 Å².